The summed E-state index contributed by atoms with van der Waals surface area (Å²) in [6.07, 6.45) is 0.235. The van der Waals surface area contributed by atoms with Crippen LogP contribution in [-0.2, 0) is 9.53 Å². The lowest BCUT2D eigenvalue weighted by molar-refractivity contribution is -0.134. The van der Waals surface area contributed by atoms with Gasteiger partial charge in [0, 0.05) is 31.9 Å². The van der Waals surface area contributed by atoms with Gasteiger partial charge in [0.1, 0.15) is 6.04 Å². The zero-order chi connectivity index (χ0) is 19.3. The Balaban J connectivity index is 2.05. The Morgan fingerprint density at radius 2 is 1.85 bits per heavy atom. The number of alkyl carbamates (subject to hydrolysis) is 1. The molecule has 1 aromatic carbocycles. The van der Waals surface area contributed by atoms with Crippen LogP contribution in [-0.4, -0.2) is 56.2 Å². The number of anilines is 1. The third kappa shape index (κ3) is 5.17. The average molecular weight is 402 g/mol. The predicted octanol–water partition coefficient (Wildman–Crippen LogP) is 3.41. The largest absolute Gasteiger partial charge is 0.453 e. The van der Waals surface area contributed by atoms with Crippen LogP contribution in [0.3, 0.4) is 0 Å². The zero-order valence-electron chi connectivity index (χ0n) is 15.3. The highest BCUT2D eigenvalue weighted by molar-refractivity contribution is 6.42. The van der Waals surface area contributed by atoms with Crippen LogP contribution in [0.15, 0.2) is 18.2 Å². The van der Waals surface area contributed by atoms with Crippen molar-refractivity contribution in [2.24, 2.45) is 5.92 Å². The van der Waals surface area contributed by atoms with Crippen LogP contribution in [0.1, 0.15) is 20.3 Å². The third-order valence-corrected chi connectivity index (χ3v) is 5.21. The summed E-state index contributed by atoms with van der Waals surface area (Å²) >= 11 is 12.1. The Labute approximate surface area is 164 Å². The van der Waals surface area contributed by atoms with Gasteiger partial charge in [-0.2, -0.15) is 0 Å². The Morgan fingerprint density at radius 3 is 2.46 bits per heavy atom. The van der Waals surface area contributed by atoms with E-state index < -0.39 is 12.1 Å². The lowest BCUT2D eigenvalue weighted by Crippen LogP contribution is -2.52. The Bertz CT molecular complexity index is 655. The first-order valence-electron chi connectivity index (χ1n) is 8.66. The summed E-state index contributed by atoms with van der Waals surface area (Å²) in [5.74, 6) is -0.114. The maximum absolute atomic E-state index is 12.9. The number of methoxy groups -OCH3 is 1. The number of nitrogens with one attached hydrogen (secondary N) is 1. The normalized spacial score (nSPS) is 16.2. The molecule has 1 atom stereocenters. The van der Waals surface area contributed by atoms with E-state index in [0.29, 0.717) is 29.7 Å². The molecule has 0 bridgehead atoms. The quantitative estimate of drug-likeness (QED) is 0.839. The molecule has 0 aromatic heterocycles. The molecular weight excluding hydrogens is 377 g/mol. The number of hydrogen-bond acceptors (Lipinski definition) is 4. The van der Waals surface area contributed by atoms with Gasteiger partial charge in [0.05, 0.1) is 17.2 Å². The molecule has 26 heavy (non-hydrogen) atoms. The molecule has 0 radical (unpaired) electrons. The molecule has 2 rings (SSSR count). The van der Waals surface area contributed by atoms with Gasteiger partial charge in [-0.15, -0.1) is 0 Å². The molecular formula is C18H25Cl2N3O3. The Morgan fingerprint density at radius 1 is 1.12 bits per heavy atom. The standard InChI is InChI=1S/C18H25Cl2N3O3/c1-12(2)16(21-18(25)26-3)17(24)23-8-4-7-22(9-10-23)13-5-6-14(19)15(20)11-13/h5-6,11-12,16H,4,7-10H2,1-3H3,(H,21,25)/t16-/m0/s1. The van der Waals surface area contributed by atoms with Gasteiger partial charge in [-0.05, 0) is 30.5 Å². The van der Waals surface area contributed by atoms with E-state index in [-0.39, 0.29) is 11.8 Å². The minimum Gasteiger partial charge on any atom is -0.453 e. The SMILES string of the molecule is COC(=O)N[C@H](C(=O)N1CCCN(c2ccc(Cl)c(Cl)c2)CC1)C(C)C. The molecule has 8 heteroatoms. The van der Waals surface area contributed by atoms with Crippen molar-refractivity contribution >= 4 is 40.9 Å². The van der Waals surface area contributed by atoms with Crippen molar-refractivity contribution in [1.82, 2.24) is 10.2 Å². The fourth-order valence-electron chi connectivity index (χ4n) is 2.97. The van der Waals surface area contributed by atoms with Gasteiger partial charge in [0.25, 0.3) is 0 Å². The monoisotopic (exact) mass is 401 g/mol. The van der Waals surface area contributed by atoms with Gasteiger partial charge in [-0.1, -0.05) is 37.0 Å². The molecule has 6 nitrogen and oxygen atoms in total. The summed E-state index contributed by atoms with van der Waals surface area (Å²) < 4.78 is 4.64. The molecule has 1 heterocycles. The topological polar surface area (TPSA) is 61.9 Å². The van der Waals surface area contributed by atoms with E-state index in [1.54, 1.807) is 11.0 Å². The fraction of sp³-hybridized carbons (Fsp3) is 0.556. The molecule has 1 N–H and O–H groups in total. The third-order valence-electron chi connectivity index (χ3n) is 4.47. The first kappa shape index (κ1) is 20.6. The number of rotatable bonds is 4. The van der Waals surface area contributed by atoms with Crippen LogP contribution < -0.4 is 10.2 Å². The molecule has 1 fully saturated rings. The number of carbonyl (C=O) groups is 2. The van der Waals surface area contributed by atoms with E-state index in [2.05, 4.69) is 15.0 Å². The molecule has 1 aromatic rings. The lowest BCUT2D eigenvalue weighted by atomic mass is 10.0. The minimum absolute atomic E-state index is 0.0315. The zero-order valence-corrected chi connectivity index (χ0v) is 16.8. The Kier molecular flexibility index (Phi) is 7.41. The summed E-state index contributed by atoms with van der Waals surface area (Å²) in [7, 11) is 1.29. The minimum atomic E-state index is -0.598. The molecule has 1 saturated heterocycles. The van der Waals surface area contributed by atoms with Crippen LogP contribution in [0.5, 0.6) is 0 Å². The molecule has 0 saturated carbocycles. The fourth-order valence-corrected chi connectivity index (χ4v) is 3.27. The number of ether oxygens (including phenoxy) is 1. The van der Waals surface area contributed by atoms with E-state index in [9.17, 15) is 9.59 Å². The van der Waals surface area contributed by atoms with Gasteiger partial charge >= 0.3 is 6.09 Å². The first-order chi connectivity index (χ1) is 12.3. The van der Waals surface area contributed by atoms with Gasteiger partial charge in [0.2, 0.25) is 5.91 Å². The second-order valence-electron chi connectivity index (χ2n) is 6.62. The number of nitrogens with zero attached hydrogens (tertiary/aromatic N) is 2. The van der Waals surface area contributed by atoms with E-state index in [1.165, 1.54) is 7.11 Å². The van der Waals surface area contributed by atoms with Crippen LogP contribution in [0.2, 0.25) is 10.0 Å². The van der Waals surface area contributed by atoms with Crippen LogP contribution in [0.4, 0.5) is 10.5 Å². The van der Waals surface area contributed by atoms with E-state index in [0.717, 1.165) is 18.7 Å². The van der Waals surface area contributed by atoms with Crippen molar-refractivity contribution in [3.05, 3.63) is 28.2 Å². The highest BCUT2D eigenvalue weighted by atomic mass is 35.5. The summed E-state index contributed by atoms with van der Waals surface area (Å²) in [4.78, 5) is 28.4. The summed E-state index contributed by atoms with van der Waals surface area (Å²) in [6, 6.07) is 4.96. The van der Waals surface area contributed by atoms with Crippen molar-refractivity contribution in [2.75, 3.05) is 38.2 Å². The van der Waals surface area contributed by atoms with E-state index in [4.69, 9.17) is 23.2 Å². The smallest absolute Gasteiger partial charge is 0.407 e. The molecule has 0 aliphatic carbocycles. The number of halogens is 2. The van der Waals surface area contributed by atoms with Gasteiger partial charge in [-0.25, -0.2) is 4.79 Å². The maximum Gasteiger partial charge on any atom is 0.407 e. The lowest BCUT2D eigenvalue weighted by Gasteiger charge is -2.29. The van der Waals surface area contributed by atoms with Gasteiger partial charge < -0.3 is 19.9 Å². The number of hydrogen-bond donors (Lipinski definition) is 1. The number of carbonyl (C=O) groups excluding carboxylic acids is 2. The van der Waals surface area contributed by atoms with Crippen molar-refractivity contribution in [1.29, 1.82) is 0 Å². The summed E-state index contributed by atoms with van der Waals surface area (Å²) in [5.41, 5.74) is 0.988. The first-order valence-corrected chi connectivity index (χ1v) is 9.42. The second-order valence-corrected chi connectivity index (χ2v) is 7.44. The molecule has 2 amide bonds. The molecule has 0 unspecified atom stereocenters. The average Bonchev–Trinajstić information content (AvgIpc) is 2.87. The number of amides is 2. The highest BCUT2D eigenvalue weighted by Crippen LogP contribution is 2.27. The van der Waals surface area contributed by atoms with E-state index >= 15 is 0 Å². The molecule has 144 valence electrons. The van der Waals surface area contributed by atoms with Crippen molar-refractivity contribution in [2.45, 2.75) is 26.3 Å². The summed E-state index contributed by atoms with van der Waals surface area (Å²) in [5, 5.41) is 3.68. The van der Waals surface area contributed by atoms with Crippen LogP contribution in [0, 0.1) is 5.92 Å². The van der Waals surface area contributed by atoms with Gasteiger partial charge in [-0.3, -0.25) is 4.79 Å². The Hall–Kier alpha value is -1.66. The maximum atomic E-state index is 12.9. The van der Waals surface area contributed by atoms with Crippen molar-refractivity contribution in [3.8, 4) is 0 Å². The predicted molar refractivity (Wildman–Crippen MR) is 104 cm³/mol. The highest BCUT2D eigenvalue weighted by Gasteiger charge is 2.30. The van der Waals surface area contributed by atoms with Crippen molar-refractivity contribution in [3.63, 3.8) is 0 Å². The van der Waals surface area contributed by atoms with Crippen LogP contribution >= 0.6 is 23.2 Å². The van der Waals surface area contributed by atoms with Gasteiger partial charge in [0.15, 0.2) is 0 Å². The summed E-state index contributed by atoms with van der Waals surface area (Å²) in [6.45, 7) is 6.52. The second kappa shape index (κ2) is 9.33. The molecule has 0 spiro atoms. The molecule has 1 aliphatic heterocycles. The molecule has 1 aliphatic rings. The van der Waals surface area contributed by atoms with Crippen molar-refractivity contribution < 1.29 is 14.3 Å². The number of benzene rings is 1. The van der Waals surface area contributed by atoms with Crippen LogP contribution in [0.25, 0.3) is 0 Å². The van der Waals surface area contributed by atoms with E-state index in [1.807, 2.05) is 26.0 Å².